The van der Waals surface area contributed by atoms with Crippen LogP contribution in [-0.2, 0) is 10.0 Å². The Morgan fingerprint density at radius 1 is 1.37 bits per heavy atom. The largest absolute Gasteiger partial charge is 0.478 e. The van der Waals surface area contributed by atoms with Gasteiger partial charge in [0.05, 0.1) is 16.3 Å². The van der Waals surface area contributed by atoms with E-state index < -0.39 is 16.0 Å². The second-order valence-electron chi connectivity index (χ2n) is 3.83. The van der Waals surface area contributed by atoms with Crippen molar-refractivity contribution in [3.05, 3.63) is 22.7 Å². The molecule has 0 heterocycles. The van der Waals surface area contributed by atoms with Crippen LogP contribution in [0.4, 0.5) is 5.69 Å². The van der Waals surface area contributed by atoms with E-state index in [-0.39, 0.29) is 15.5 Å². The van der Waals surface area contributed by atoms with Crippen molar-refractivity contribution in [1.29, 1.82) is 0 Å². The highest BCUT2D eigenvalue weighted by atomic mass is 35.5. The number of benzene rings is 1. The zero-order valence-electron chi connectivity index (χ0n) is 10.6. The van der Waals surface area contributed by atoms with E-state index in [0.717, 1.165) is 6.07 Å². The third kappa shape index (κ3) is 3.37. The minimum atomic E-state index is -4.08. The lowest BCUT2D eigenvalue weighted by Gasteiger charge is -2.23. The van der Waals surface area contributed by atoms with Gasteiger partial charge in [-0.3, -0.25) is 0 Å². The number of halogens is 1. The van der Waals surface area contributed by atoms with Gasteiger partial charge in [-0.2, -0.15) is 0 Å². The Hall–Kier alpha value is -1.31. The summed E-state index contributed by atoms with van der Waals surface area (Å²) in [4.78, 5) is 12.4. The lowest BCUT2D eigenvalue weighted by Crippen LogP contribution is -2.24. The van der Waals surface area contributed by atoms with Gasteiger partial charge in [0, 0.05) is 13.1 Å². The van der Waals surface area contributed by atoms with Gasteiger partial charge >= 0.3 is 5.97 Å². The van der Waals surface area contributed by atoms with Crippen molar-refractivity contribution in [3.8, 4) is 0 Å². The van der Waals surface area contributed by atoms with Crippen LogP contribution in [0, 0.1) is 0 Å². The van der Waals surface area contributed by atoms with E-state index in [2.05, 4.69) is 0 Å². The minimum Gasteiger partial charge on any atom is -0.478 e. The normalized spacial score (nSPS) is 11.4. The van der Waals surface area contributed by atoms with E-state index in [0.29, 0.717) is 18.8 Å². The highest BCUT2D eigenvalue weighted by Crippen LogP contribution is 2.33. The third-order valence-corrected chi connectivity index (χ3v) is 4.12. The summed E-state index contributed by atoms with van der Waals surface area (Å²) in [6, 6.07) is 2.30. The molecular weight excluding hydrogens is 292 g/mol. The monoisotopic (exact) mass is 306 g/mol. The van der Waals surface area contributed by atoms with Crippen LogP contribution in [0.3, 0.4) is 0 Å². The summed E-state index contributed by atoms with van der Waals surface area (Å²) in [5.74, 6) is -1.24. The van der Waals surface area contributed by atoms with Crippen molar-refractivity contribution < 1.29 is 18.3 Å². The molecule has 0 amide bonds. The molecule has 0 bridgehead atoms. The molecule has 0 aliphatic rings. The Balaban J connectivity index is 3.64. The summed E-state index contributed by atoms with van der Waals surface area (Å²) < 4.78 is 22.9. The number of hydrogen-bond donors (Lipinski definition) is 2. The summed E-state index contributed by atoms with van der Waals surface area (Å²) in [7, 11) is -4.08. The Morgan fingerprint density at radius 3 is 2.26 bits per heavy atom. The molecule has 0 saturated heterocycles. The molecular formula is C11H15ClN2O4S. The van der Waals surface area contributed by atoms with Gasteiger partial charge in [0.2, 0.25) is 10.0 Å². The van der Waals surface area contributed by atoms with Gasteiger partial charge in [0.1, 0.15) is 4.90 Å². The van der Waals surface area contributed by atoms with Crippen molar-refractivity contribution in [1.82, 2.24) is 0 Å². The van der Waals surface area contributed by atoms with E-state index in [9.17, 15) is 13.2 Å². The molecule has 6 nitrogen and oxygen atoms in total. The SMILES string of the molecule is CCN(CC)c1cc(C(=O)O)cc(S(N)(=O)=O)c1Cl. The Bertz CT molecular complexity index is 597. The summed E-state index contributed by atoms with van der Waals surface area (Å²) in [5.41, 5.74) is 0.172. The number of carboxylic acids is 1. The molecule has 1 rings (SSSR count). The number of hydrogen-bond acceptors (Lipinski definition) is 4. The second kappa shape index (κ2) is 5.77. The number of carboxylic acid groups (broad SMARTS) is 1. The van der Waals surface area contributed by atoms with E-state index in [1.54, 1.807) is 4.90 Å². The average molecular weight is 307 g/mol. The van der Waals surface area contributed by atoms with Gasteiger partial charge in [-0.15, -0.1) is 0 Å². The third-order valence-electron chi connectivity index (χ3n) is 2.68. The molecule has 0 aromatic heterocycles. The van der Waals surface area contributed by atoms with E-state index in [1.165, 1.54) is 6.07 Å². The Morgan fingerprint density at radius 2 is 1.89 bits per heavy atom. The molecule has 19 heavy (non-hydrogen) atoms. The minimum absolute atomic E-state index is 0.0591. The van der Waals surface area contributed by atoms with E-state index in [4.69, 9.17) is 21.8 Å². The van der Waals surface area contributed by atoms with Crippen LogP contribution in [0.25, 0.3) is 0 Å². The highest BCUT2D eigenvalue weighted by molar-refractivity contribution is 7.89. The number of sulfonamides is 1. The lowest BCUT2D eigenvalue weighted by molar-refractivity contribution is 0.0696. The Kier molecular flexibility index (Phi) is 4.78. The molecule has 1 aromatic carbocycles. The summed E-state index contributed by atoms with van der Waals surface area (Å²) in [6.45, 7) is 4.82. The van der Waals surface area contributed by atoms with Crippen LogP contribution < -0.4 is 10.0 Å². The first kappa shape index (κ1) is 15.7. The van der Waals surface area contributed by atoms with Crippen LogP contribution in [0.2, 0.25) is 5.02 Å². The number of anilines is 1. The predicted molar refractivity (Wildman–Crippen MR) is 73.3 cm³/mol. The molecule has 106 valence electrons. The standard InChI is InChI=1S/C11H15ClN2O4S/c1-3-14(4-2)8-5-7(11(15)16)6-9(10(8)12)19(13,17)18/h5-6H,3-4H2,1-2H3,(H,15,16)(H2,13,17,18). The van der Waals surface area contributed by atoms with Crippen molar-refractivity contribution in [2.45, 2.75) is 18.7 Å². The molecule has 0 radical (unpaired) electrons. The fraction of sp³-hybridized carbons (Fsp3) is 0.364. The zero-order chi connectivity index (χ0) is 14.8. The van der Waals surface area contributed by atoms with Gasteiger partial charge < -0.3 is 10.0 Å². The van der Waals surface area contributed by atoms with Crippen molar-refractivity contribution in [2.24, 2.45) is 5.14 Å². The maximum absolute atomic E-state index is 11.5. The van der Waals surface area contributed by atoms with Gasteiger partial charge in [0.25, 0.3) is 0 Å². The summed E-state index contributed by atoms with van der Waals surface area (Å²) in [6.07, 6.45) is 0. The smallest absolute Gasteiger partial charge is 0.335 e. The lowest BCUT2D eigenvalue weighted by atomic mass is 10.2. The number of primary sulfonamides is 1. The number of carbonyl (C=O) groups is 1. The molecule has 0 atom stereocenters. The molecule has 0 saturated carbocycles. The topological polar surface area (TPSA) is 101 Å². The molecule has 0 aliphatic heterocycles. The quantitative estimate of drug-likeness (QED) is 0.859. The first-order chi connectivity index (χ1) is 8.72. The number of nitrogens with zero attached hydrogens (tertiary/aromatic N) is 1. The fourth-order valence-corrected chi connectivity index (χ4v) is 2.90. The molecule has 8 heteroatoms. The second-order valence-corrected chi connectivity index (χ2v) is 5.74. The molecule has 0 unspecified atom stereocenters. The van der Waals surface area contributed by atoms with Crippen LogP contribution in [-0.4, -0.2) is 32.6 Å². The number of nitrogens with two attached hydrogens (primary N) is 1. The van der Waals surface area contributed by atoms with Crippen LogP contribution >= 0.6 is 11.6 Å². The Labute approximate surface area is 116 Å². The fourth-order valence-electron chi connectivity index (χ4n) is 1.71. The zero-order valence-corrected chi connectivity index (χ0v) is 12.1. The highest BCUT2D eigenvalue weighted by Gasteiger charge is 2.22. The molecule has 0 fully saturated rings. The van der Waals surface area contributed by atoms with E-state index >= 15 is 0 Å². The first-order valence-corrected chi connectivity index (χ1v) is 7.49. The van der Waals surface area contributed by atoms with Gasteiger partial charge in [-0.25, -0.2) is 18.4 Å². The average Bonchev–Trinajstić information content (AvgIpc) is 2.30. The van der Waals surface area contributed by atoms with Crippen LogP contribution in [0.15, 0.2) is 17.0 Å². The maximum atomic E-state index is 11.5. The molecule has 0 spiro atoms. The molecule has 0 aliphatic carbocycles. The van der Waals surface area contributed by atoms with Crippen LogP contribution in [0.5, 0.6) is 0 Å². The van der Waals surface area contributed by atoms with Gasteiger partial charge in [0.15, 0.2) is 0 Å². The molecule has 1 aromatic rings. The maximum Gasteiger partial charge on any atom is 0.335 e. The first-order valence-electron chi connectivity index (χ1n) is 5.56. The number of aromatic carboxylic acids is 1. The van der Waals surface area contributed by atoms with Crippen molar-refractivity contribution >= 4 is 33.3 Å². The van der Waals surface area contributed by atoms with E-state index in [1.807, 2.05) is 13.8 Å². The summed E-state index contributed by atoms with van der Waals surface area (Å²) >= 11 is 6.03. The summed E-state index contributed by atoms with van der Waals surface area (Å²) in [5, 5.41) is 14.0. The number of rotatable bonds is 5. The van der Waals surface area contributed by atoms with Crippen molar-refractivity contribution in [3.63, 3.8) is 0 Å². The predicted octanol–water partition coefficient (Wildman–Crippen LogP) is 1.53. The van der Waals surface area contributed by atoms with Gasteiger partial charge in [-0.05, 0) is 26.0 Å². The van der Waals surface area contributed by atoms with Crippen molar-refractivity contribution in [2.75, 3.05) is 18.0 Å². The molecule has 3 N–H and O–H groups in total. The van der Waals surface area contributed by atoms with Crippen LogP contribution in [0.1, 0.15) is 24.2 Å². The van der Waals surface area contributed by atoms with Gasteiger partial charge in [-0.1, -0.05) is 11.6 Å².